The molecule has 1 aromatic carbocycles. The van der Waals surface area contributed by atoms with Gasteiger partial charge < -0.3 is 15.1 Å². The Kier molecular flexibility index (Phi) is 16.7. The Labute approximate surface area is 178 Å². The van der Waals surface area contributed by atoms with E-state index in [-0.39, 0.29) is 12.4 Å². The third kappa shape index (κ3) is 16.2. The molecule has 2 N–H and O–H groups in total. The first-order chi connectivity index (χ1) is 14.2. The fourth-order valence-electron chi connectivity index (χ4n) is 3.55. The van der Waals surface area contributed by atoms with E-state index in [1.165, 1.54) is 96.0 Å². The highest BCUT2D eigenvalue weighted by Gasteiger charge is 2.06. The smallest absolute Gasteiger partial charge is 0.169 e. The average Bonchev–Trinajstić information content (AvgIpc) is 2.71. The molecule has 0 saturated carbocycles. The van der Waals surface area contributed by atoms with Crippen molar-refractivity contribution in [1.29, 1.82) is 0 Å². The highest BCUT2D eigenvalue weighted by molar-refractivity contribution is 5.31. The molecule has 168 valence electrons. The number of unbranched alkanes of at least 4 members (excludes halogenated alkanes) is 14. The third-order valence-electron chi connectivity index (χ3n) is 5.37. The maximum atomic E-state index is 9.93. The lowest BCUT2D eigenvalue weighted by molar-refractivity contribution is -0.224. The highest BCUT2D eigenvalue weighted by Crippen LogP contribution is 2.18. The van der Waals surface area contributed by atoms with E-state index >= 15 is 0 Å². The fraction of sp³-hybridized carbons (Fsp3) is 0.760. The van der Waals surface area contributed by atoms with Crippen LogP contribution >= 0.6 is 0 Å². The van der Waals surface area contributed by atoms with Gasteiger partial charge >= 0.3 is 0 Å². The van der Waals surface area contributed by atoms with E-state index in [1.807, 2.05) is 0 Å². The summed E-state index contributed by atoms with van der Waals surface area (Å²) < 4.78 is 0. The number of phenols is 1. The van der Waals surface area contributed by atoms with Crippen molar-refractivity contribution in [1.82, 2.24) is 0 Å². The lowest BCUT2D eigenvalue weighted by Crippen LogP contribution is -2.16. The van der Waals surface area contributed by atoms with Crippen molar-refractivity contribution in [3.63, 3.8) is 0 Å². The van der Waals surface area contributed by atoms with Gasteiger partial charge in [-0.15, -0.1) is 0 Å². The molecule has 0 radical (unpaired) electrons. The summed E-state index contributed by atoms with van der Waals surface area (Å²) in [5.41, 5.74) is 0. The molecule has 4 nitrogen and oxygen atoms in total. The van der Waals surface area contributed by atoms with E-state index in [4.69, 9.17) is 9.78 Å². The molecule has 0 aliphatic rings. The van der Waals surface area contributed by atoms with Gasteiger partial charge in [-0.1, -0.05) is 109 Å². The number of hydrogen-bond acceptors (Lipinski definition) is 4. The van der Waals surface area contributed by atoms with E-state index in [0.717, 1.165) is 12.8 Å². The summed E-state index contributed by atoms with van der Waals surface area (Å²) in [6, 6.07) is 6.42. The molecule has 4 heteroatoms. The van der Waals surface area contributed by atoms with Gasteiger partial charge in [0.2, 0.25) is 0 Å². The van der Waals surface area contributed by atoms with Crippen molar-refractivity contribution in [3.05, 3.63) is 24.3 Å². The first-order valence-corrected chi connectivity index (χ1v) is 12.0. The quantitative estimate of drug-likeness (QED) is 0.135. The molecular formula is C25H44O4. The van der Waals surface area contributed by atoms with E-state index in [2.05, 4.69) is 6.92 Å². The molecule has 0 amide bonds. The van der Waals surface area contributed by atoms with Crippen LogP contribution in [0.4, 0.5) is 0 Å². The van der Waals surface area contributed by atoms with Crippen LogP contribution in [0.5, 0.6) is 11.5 Å². The molecule has 1 rings (SSSR count). The summed E-state index contributed by atoms with van der Waals surface area (Å²) >= 11 is 0. The Hall–Kier alpha value is -1.26. The molecule has 29 heavy (non-hydrogen) atoms. The number of rotatable bonds is 20. The molecule has 1 aromatic rings. The first kappa shape index (κ1) is 25.8. The fourth-order valence-corrected chi connectivity index (χ4v) is 3.55. The average molecular weight is 409 g/mol. The summed E-state index contributed by atoms with van der Waals surface area (Å²) in [6.45, 7) is 2.42. The van der Waals surface area contributed by atoms with Crippen LogP contribution in [0.3, 0.4) is 0 Å². The van der Waals surface area contributed by atoms with Crippen LogP contribution < -0.4 is 4.89 Å². The standard InChI is InChI=1S/C25H44O4/c1-2-3-4-5-6-7-8-9-10-11-12-13-14-15-16-18-24(27)22-28-29-25-20-17-19-23(26)21-25/h17,19-21,24,26-27H,2-16,18,22H2,1H3. The van der Waals surface area contributed by atoms with Gasteiger partial charge in [0.15, 0.2) is 5.75 Å². The van der Waals surface area contributed by atoms with Crippen LogP contribution in [-0.4, -0.2) is 22.9 Å². The maximum absolute atomic E-state index is 9.93. The van der Waals surface area contributed by atoms with Gasteiger partial charge in [0.05, 0.1) is 6.10 Å². The summed E-state index contributed by atoms with van der Waals surface area (Å²) in [7, 11) is 0. The Morgan fingerprint density at radius 2 is 1.28 bits per heavy atom. The second kappa shape index (κ2) is 18.7. The largest absolute Gasteiger partial charge is 0.508 e. The summed E-state index contributed by atoms with van der Waals surface area (Å²) in [6.07, 6.45) is 20.4. The van der Waals surface area contributed by atoms with Crippen molar-refractivity contribution >= 4 is 0 Å². The molecule has 0 heterocycles. The molecule has 0 saturated heterocycles. The Morgan fingerprint density at radius 1 is 0.759 bits per heavy atom. The maximum Gasteiger partial charge on any atom is 0.169 e. The predicted molar refractivity (Wildman–Crippen MR) is 120 cm³/mol. The summed E-state index contributed by atoms with van der Waals surface area (Å²) in [4.78, 5) is 10.1. The zero-order valence-corrected chi connectivity index (χ0v) is 18.6. The van der Waals surface area contributed by atoms with Crippen LogP contribution in [0.2, 0.25) is 0 Å². The number of phenolic OH excluding ortho intramolecular Hbond substituents is 1. The number of aliphatic hydroxyl groups excluding tert-OH is 1. The van der Waals surface area contributed by atoms with E-state index in [0.29, 0.717) is 5.75 Å². The molecule has 1 atom stereocenters. The van der Waals surface area contributed by atoms with Gasteiger partial charge in [0.25, 0.3) is 0 Å². The summed E-state index contributed by atoms with van der Waals surface area (Å²) in [5, 5.41) is 19.3. The van der Waals surface area contributed by atoms with Crippen LogP contribution in [0.15, 0.2) is 24.3 Å². The van der Waals surface area contributed by atoms with Gasteiger partial charge in [-0.3, -0.25) is 0 Å². The van der Waals surface area contributed by atoms with Crippen LogP contribution in [-0.2, 0) is 4.89 Å². The van der Waals surface area contributed by atoms with Gasteiger partial charge in [0.1, 0.15) is 12.4 Å². The normalized spacial score (nSPS) is 12.2. The lowest BCUT2D eigenvalue weighted by Gasteiger charge is -2.11. The molecule has 0 aliphatic heterocycles. The zero-order chi connectivity index (χ0) is 21.0. The van der Waals surface area contributed by atoms with Crippen LogP contribution in [0.25, 0.3) is 0 Å². The Bertz CT molecular complexity index is 478. The lowest BCUT2D eigenvalue weighted by atomic mass is 10.0. The molecule has 0 spiro atoms. The number of benzene rings is 1. The topological polar surface area (TPSA) is 58.9 Å². The Morgan fingerprint density at radius 3 is 1.79 bits per heavy atom. The second-order valence-corrected chi connectivity index (χ2v) is 8.26. The van der Waals surface area contributed by atoms with Crippen molar-refractivity contribution < 1.29 is 20.0 Å². The molecule has 0 bridgehead atoms. The van der Waals surface area contributed by atoms with Gasteiger partial charge in [0, 0.05) is 6.07 Å². The van der Waals surface area contributed by atoms with Crippen molar-refractivity contribution in [2.45, 2.75) is 116 Å². The minimum absolute atomic E-state index is 0.129. The predicted octanol–water partition coefficient (Wildman–Crippen LogP) is 7.33. The monoisotopic (exact) mass is 408 g/mol. The Balaban J connectivity index is 1.79. The first-order valence-electron chi connectivity index (χ1n) is 12.0. The highest BCUT2D eigenvalue weighted by atomic mass is 17.2. The molecule has 0 aromatic heterocycles. The van der Waals surface area contributed by atoms with Crippen molar-refractivity contribution in [3.8, 4) is 11.5 Å². The number of aromatic hydroxyl groups is 1. The van der Waals surface area contributed by atoms with Crippen LogP contribution in [0.1, 0.15) is 110 Å². The minimum Gasteiger partial charge on any atom is -0.508 e. The SMILES string of the molecule is CCCCCCCCCCCCCCCCCC(O)COOc1cccc(O)c1. The molecule has 0 aliphatic carbocycles. The minimum atomic E-state index is -0.505. The number of hydrogen-bond donors (Lipinski definition) is 2. The second-order valence-electron chi connectivity index (χ2n) is 8.26. The van der Waals surface area contributed by atoms with E-state index in [1.54, 1.807) is 18.2 Å². The molecule has 0 fully saturated rings. The van der Waals surface area contributed by atoms with Crippen molar-refractivity contribution in [2.24, 2.45) is 0 Å². The van der Waals surface area contributed by atoms with Gasteiger partial charge in [-0.05, 0) is 18.6 Å². The van der Waals surface area contributed by atoms with Gasteiger partial charge in [-0.25, -0.2) is 0 Å². The van der Waals surface area contributed by atoms with Crippen molar-refractivity contribution in [2.75, 3.05) is 6.61 Å². The van der Waals surface area contributed by atoms with Gasteiger partial charge in [-0.2, -0.15) is 4.89 Å². The summed E-state index contributed by atoms with van der Waals surface area (Å²) in [5.74, 6) is 0.564. The third-order valence-corrected chi connectivity index (χ3v) is 5.37. The van der Waals surface area contributed by atoms with E-state index < -0.39 is 6.10 Å². The zero-order valence-electron chi connectivity index (χ0n) is 18.6. The molecule has 1 unspecified atom stereocenters. The van der Waals surface area contributed by atoms with E-state index in [9.17, 15) is 10.2 Å². The number of aliphatic hydroxyl groups is 1. The molecular weight excluding hydrogens is 364 g/mol. The van der Waals surface area contributed by atoms with Crippen LogP contribution in [0, 0.1) is 0 Å².